The van der Waals surface area contributed by atoms with Crippen molar-refractivity contribution in [3.05, 3.63) is 57.1 Å². The van der Waals surface area contributed by atoms with Crippen LogP contribution < -0.4 is 16.0 Å². The second-order valence-corrected chi connectivity index (χ2v) is 8.13. The highest BCUT2D eigenvalue weighted by molar-refractivity contribution is 9.13. The predicted molar refractivity (Wildman–Crippen MR) is 113 cm³/mol. The number of carbonyl (C=O) groups excluding carboxylic acids is 2. The van der Waals surface area contributed by atoms with E-state index in [0.29, 0.717) is 23.0 Å². The molecule has 3 aromatic rings. The molecule has 1 heterocycles. The number of rotatable bonds is 4. The van der Waals surface area contributed by atoms with Crippen LogP contribution in [0.5, 0.6) is 0 Å². The molecule has 0 radical (unpaired) electrons. The van der Waals surface area contributed by atoms with Gasteiger partial charge in [-0.05, 0) is 81.1 Å². The van der Waals surface area contributed by atoms with E-state index in [1.54, 1.807) is 30.5 Å². The lowest BCUT2D eigenvalue weighted by molar-refractivity contribution is 0.102. The number of aromatic amines is 1. The van der Waals surface area contributed by atoms with E-state index in [-0.39, 0.29) is 11.9 Å². The van der Waals surface area contributed by atoms with Crippen molar-refractivity contribution in [2.24, 2.45) is 0 Å². The zero-order valence-corrected chi connectivity index (χ0v) is 17.3. The summed E-state index contributed by atoms with van der Waals surface area (Å²) in [4.78, 5) is 27.5. The van der Waals surface area contributed by atoms with Gasteiger partial charge in [0.15, 0.2) is 0 Å². The van der Waals surface area contributed by atoms with Crippen LogP contribution >= 0.6 is 31.9 Å². The molecule has 4 N–H and O–H groups in total. The van der Waals surface area contributed by atoms with Gasteiger partial charge in [-0.1, -0.05) is 0 Å². The minimum absolute atomic E-state index is 0.204. The van der Waals surface area contributed by atoms with Gasteiger partial charge < -0.3 is 20.9 Å². The summed E-state index contributed by atoms with van der Waals surface area (Å²) in [5, 5.41) is 9.35. The second-order valence-electron chi connectivity index (χ2n) is 6.42. The third-order valence-electron chi connectivity index (χ3n) is 4.28. The molecular formula is C19H16Br2N4O2. The number of amides is 3. The third kappa shape index (κ3) is 4.17. The lowest BCUT2D eigenvalue weighted by Gasteiger charge is -2.08. The first-order valence-electron chi connectivity index (χ1n) is 8.44. The molecule has 4 rings (SSSR count). The van der Waals surface area contributed by atoms with Crippen molar-refractivity contribution < 1.29 is 9.59 Å². The van der Waals surface area contributed by atoms with Gasteiger partial charge >= 0.3 is 6.03 Å². The lowest BCUT2D eigenvalue weighted by Crippen LogP contribution is -2.30. The normalized spacial score (nSPS) is 13.4. The zero-order valence-electron chi connectivity index (χ0n) is 14.1. The molecule has 6 nitrogen and oxygen atoms in total. The van der Waals surface area contributed by atoms with E-state index < -0.39 is 0 Å². The molecule has 0 saturated heterocycles. The number of fused-ring (bicyclic) bond motifs is 1. The number of anilines is 2. The number of benzene rings is 2. The molecule has 3 amide bonds. The summed E-state index contributed by atoms with van der Waals surface area (Å²) in [5.74, 6) is -0.206. The summed E-state index contributed by atoms with van der Waals surface area (Å²) in [6, 6.07) is 10.9. The molecule has 138 valence electrons. The minimum Gasteiger partial charge on any atom is -0.360 e. The number of aromatic nitrogens is 1. The number of H-pyrrole nitrogens is 1. The van der Waals surface area contributed by atoms with Crippen LogP contribution in [-0.2, 0) is 0 Å². The summed E-state index contributed by atoms with van der Waals surface area (Å²) in [6.07, 6.45) is 3.77. The van der Waals surface area contributed by atoms with Crippen molar-refractivity contribution in [3.63, 3.8) is 0 Å². The van der Waals surface area contributed by atoms with Crippen LogP contribution in [0.4, 0.5) is 16.2 Å². The van der Waals surface area contributed by atoms with E-state index in [9.17, 15) is 9.59 Å². The van der Waals surface area contributed by atoms with E-state index >= 15 is 0 Å². The Morgan fingerprint density at radius 3 is 2.26 bits per heavy atom. The molecule has 8 heteroatoms. The third-order valence-corrected chi connectivity index (χ3v) is 6.12. The molecule has 0 aliphatic heterocycles. The molecule has 1 aromatic heterocycles. The molecule has 27 heavy (non-hydrogen) atoms. The average Bonchev–Trinajstić information content (AvgIpc) is 3.35. The summed E-state index contributed by atoms with van der Waals surface area (Å²) in [5.41, 5.74) is 2.76. The number of hydrogen-bond donors (Lipinski definition) is 4. The van der Waals surface area contributed by atoms with Gasteiger partial charge in [0.2, 0.25) is 0 Å². The van der Waals surface area contributed by atoms with Crippen molar-refractivity contribution in [2.45, 2.75) is 18.9 Å². The fourth-order valence-electron chi connectivity index (χ4n) is 2.72. The Balaban J connectivity index is 1.45. The van der Waals surface area contributed by atoms with E-state index in [1.807, 2.05) is 12.1 Å². The quantitative estimate of drug-likeness (QED) is 0.402. The number of hydrogen-bond acceptors (Lipinski definition) is 2. The van der Waals surface area contributed by atoms with Gasteiger partial charge in [0.25, 0.3) is 5.91 Å². The van der Waals surface area contributed by atoms with E-state index in [4.69, 9.17) is 0 Å². The number of nitrogens with one attached hydrogen (secondary N) is 4. The zero-order chi connectivity index (χ0) is 19.0. The fourth-order valence-corrected chi connectivity index (χ4v) is 3.41. The first kappa shape index (κ1) is 18.1. The Morgan fingerprint density at radius 2 is 1.59 bits per heavy atom. The van der Waals surface area contributed by atoms with Crippen LogP contribution in [0.2, 0.25) is 0 Å². The Labute approximate surface area is 172 Å². The monoisotopic (exact) mass is 490 g/mol. The molecular weight excluding hydrogens is 476 g/mol. The molecule has 1 aliphatic carbocycles. The maximum atomic E-state index is 12.6. The van der Waals surface area contributed by atoms with Crippen molar-refractivity contribution in [2.75, 3.05) is 10.6 Å². The van der Waals surface area contributed by atoms with Gasteiger partial charge in [0.1, 0.15) is 0 Å². The molecule has 0 unspecified atom stereocenters. The molecule has 1 fully saturated rings. The van der Waals surface area contributed by atoms with Gasteiger partial charge in [-0.15, -0.1) is 0 Å². The molecule has 2 aromatic carbocycles. The van der Waals surface area contributed by atoms with Crippen LogP contribution in [0.1, 0.15) is 23.2 Å². The fraction of sp³-hybridized carbons (Fsp3) is 0.158. The Morgan fingerprint density at radius 1 is 0.963 bits per heavy atom. The van der Waals surface area contributed by atoms with Gasteiger partial charge in [-0.3, -0.25) is 4.79 Å². The summed E-state index contributed by atoms with van der Waals surface area (Å²) in [6.45, 7) is 0. The van der Waals surface area contributed by atoms with Crippen molar-refractivity contribution in [1.29, 1.82) is 0 Å². The summed E-state index contributed by atoms with van der Waals surface area (Å²) < 4.78 is 1.79. The molecule has 0 atom stereocenters. The molecule has 0 bridgehead atoms. The number of urea groups is 1. The highest BCUT2D eigenvalue weighted by Crippen LogP contribution is 2.30. The maximum absolute atomic E-state index is 12.6. The standard InChI is InChI=1S/C19H16Br2N4O2/c20-15-7-13-14(9-22-17(13)8-16(15)21)18(26)23-10-1-3-11(4-2-10)24-19(27)25-12-5-6-12/h1-4,7-9,12,22H,5-6H2,(H,23,26)(H2,24,25,27). The lowest BCUT2D eigenvalue weighted by atomic mass is 10.1. The summed E-state index contributed by atoms with van der Waals surface area (Å²) in [7, 11) is 0. The van der Waals surface area contributed by atoms with Crippen molar-refractivity contribution >= 4 is 66.1 Å². The molecule has 0 spiro atoms. The highest BCUT2D eigenvalue weighted by Gasteiger charge is 2.23. The predicted octanol–water partition coefficient (Wildman–Crippen LogP) is 5.23. The Hall–Kier alpha value is -2.32. The van der Waals surface area contributed by atoms with Crippen molar-refractivity contribution in [1.82, 2.24) is 10.3 Å². The first-order chi connectivity index (χ1) is 13.0. The smallest absolute Gasteiger partial charge is 0.319 e. The Bertz CT molecular complexity index is 1030. The van der Waals surface area contributed by atoms with Crippen LogP contribution in [0.3, 0.4) is 0 Å². The van der Waals surface area contributed by atoms with E-state index in [2.05, 4.69) is 52.8 Å². The van der Waals surface area contributed by atoms with Gasteiger partial charge in [0, 0.05) is 43.5 Å². The van der Waals surface area contributed by atoms with E-state index in [0.717, 1.165) is 32.7 Å². The van der Waals surface area contributed by atoms with Gasteiger partial charge in [-0.2, -0.15) is 0 Å². The topological polar surface area (TPSA) is 86.0 Å². The number of carbonyl (C=O) groups is 2. The van der Waals surface area contributed by atoms with Crippen LogP contribution in [0.25, 0.3) is 10.9 Å². The average molecular weight is 492 g/mol. The van der Waals surface area contributed by atoms with Crippen LogP contribution in [0, 0.1) is 0 Å². The minimum atomic E-state index is -0.206. The highest BCUT2D eigenvalue weighted by atomic mass is 79.9. The van der Waals surface area contributed by atoms with Crippen molar-refractivity contribution in [3.8, 4) is 0 Å². The summed E-state index contributed by atoms with van der Waals surface area (Å²) >= 11 is 6.92. The van der Waals surface area contributed by atoms with E-state index in [1.165, 1.54) is 0 Å². The first-order valence-corrected chi connectivity index (χ1v) is 10.0. The van der Waals surface area contributed by atoms with Crippen LogP contribution in [0.15, 0.2) is 51.5 Å². The second kappa shape index (κ2) is 7.36. The van der Waals surface area contributed by atoms with Gasteiger partial charge in [-0.25, -0.2) is 4.79 Å². The largest absolute Gasteiger partial charge is 0.360 e. The Kier molecular flexibility index (Phi) is 4.92. The van der Waals surface area contributed by atoms with Crippen LogP contribution in [-0.4, -0.2) is 23.0 Å². The maximum Gasteiger partial charge on any atom is 0.319 e. The molecule has 1 aliphatic rings. The SMILES string of the molecule is O=C(Nc1ccc(NC(=O)c2c[nH]c3cc(Br)c(Br)cc23)cc1)NC1CC1. The van der Waals surface area contributed by atoms with Gasteiger partial charge in [0.05, 0.1) is 5.56 Å². The molecule has 1 saturated carbocycles. The number of halogens is 2.